The Morgan fingerprint density at radius 1 is 1.40 bits per heavy atom. The number of rotatable bonds is 1. The van der Waals surface area contributed by atoms with Gasteiger partial charge in [0, 0.05) is 18.3 Å². The molecule has 0 aromatic heterocycles. The van der Waals surface area contributed by atoms with Crippen molar-refractivity contribution in [2.45, 2.75) is 32.2 Å². The summed E-state index contributed by atoms with van der Waals surface area (Å²) in [4.78, 5) is 14.9. The fourth-order valence-electron chi connectivity index (χ4n) is 3.12. The first-order valence-corrected chi connectivity index (χ1v) is 7.36. The molecule has 2 atom stereocenters. The van der Waals surface area contributed by atoms with E-state index in [9.17, 15) is 4.79 Å². The summed E-state index contributed by atoms with van der Waals surface area (Å²) in [6.45, 7) is 3.60. The number of hydrogen-bond acceptors (Lipinski definition) is 3. The molecule has 108 valence electrons. The monoisotopic (exact) mass is 274 g/mol. The minimum absolute atomic E-state index is 0.108. The number of para-hydroxylation sites is 1. The molecule has 2 aliphatic heterocycles. The second-order valence-electron chi connectivity index (χ2n) is 6.08. The van der Waals surface area contributed by atoms with Gasteiger partial charge in [0.1, 0.15) is 0 Å². The van der Waals surface area contributed by atoms with Gasteiger partial charge in [0.2, 0.25) is 5.91 Å². The maximum absolute atomic E-state index is 13.0. The Kier molecular flexibility index (Phi) is 3.52. The van der Waals surface area contributed by atoms with Crippen molar-refractivity contribution in [3.8, 4) is 0 Å². The molecule has 1 aromatic rings. The predicted molar refractivity (Wildman–Crippen MR) is 78.6 cm³/mol. The molecule has 20 heavy (non-hydrogen) atoms. The molecule has 2 aliphatic rings. The molecule has 3 rings (SSSR count). The number of ether oxygens (including phenoxy) is 1. The average Bonchev–Trinajstić information content (AvgIpc) is 2.69. The molecule has 0 bridgehead atoms. The lowest BCUT2D eigenvalue weighted by Crippen LogP contribution is -2.52. The van der Waals surface area contributed by atoms with Crippen LogP contribution in [0.4, 0.5) is 5.69 Å². The van der Waals surface area contributed by atoms with Crippen molar-refractivity contribution in [1.82, 2.24) is 0 Å². The van der Waals surface area contributed by atoms with Crippen molar-refractivity contribution < 1.29 is 9.53 Å². The third-order valence-corrected chi connectivity index (χ3v) is 4.61. The molecule has 4 nitrogen and oxygen atoms in total. The summed E-state index contributed by atoms with van der Waals surface area (Å²) in [6.07, 6.45) is 3.20. The maximum Gasteiger partial charge on any atom is 0.236 e. The third kappa shape index (κ3) is 2.13. The number of nitrogens with two attached hydrogens (primary N) is 1. The molecule has 0 spiro atoms. The Hall–Kier alpha value is -1.39. The molecule has 1 saturated heterocycles. The van der Waals surface area contributed by atoms with Crippen LogP contribution >= 0.6 is 0 Å². The van der Waals surface area contributed by atoms with Crippen LogP contribution in [0.25, 0.3) is 0 Å². The zero-order chi connectivity index (χ0) is 14.2. The van der Waals surface area contributed by atoms with Crippen molar-refractivity contribution >= 4 is 11.6 Å². The third-order valence-electron chi connectivity index (χ3n) is 4.61. The van der Waals surface area contributed by atoms with Crippen LogP contribution in [-0.4, -0.2) is 31.7 Å². The second-order valence-corrected chi connectivity index (χ2v) is 6.08. The van der Waals surface area contributed by atoms with Crippen molar-refractivity contribution in [2.24, 2.45) is 11.1 Å². The van der Waals surface area contributed by atoms with Crippen LogP contribution in [0.5, 0.6) is 0 Å². The fraction of sp³-hybridized carbons (Fsp3) is 0.562. The first kappa shape index (κ1) is 13.6. The number of anilines is 1. The van der Waals surface area contributed by atoms with E-state index in [0.29, 0.717) is 13.2 Å². The predicted octanol–water partition coefficient (Wildman–Crippen LogP) is 1.72. The number of aryl methyl sites for hydroxylation is 1. The van der Waals surface area contributed by atoms with E-state index in [2.05, 4.69) is 6.07 Å². The van der Waals surface area contributed by atoms with Gasteiger partial charge in [-0.1, -0.05) is 18.2 Å². The van der Waals surface area contributed by atoms with Gasteiger partial charge in [-0.25, -0.2) is 0 Å². The van der Waals surface area contributed by atoms with Crippen LogP contribution in [-0.2, 0) is 16.0 Å². The Balaban J connectivity index is 1.95. The highest BCUT2D eigenvalue weighted by Gasteiger charge is 2.47. The molecule has 0 saturated carbocycles. The highest BCUT2D eigenvalue weighted by molar-refractivity contribution is 5.99. The molecule has 2 N–H and O–H groups in total. The van der Waals surface area contributed by atoms with Gasteiger partial charge in [0.25, 0.3) is 0 Å². The highest BCUT2D eigenvalue weighted by atomic mass is 16.5. The standard InChI is InChI=1S/C16H22N2O2/c1-16(11-20-10-14(16)17)15(19)18-9-5-4-7-12-6-2-3-8-13(12)18/h2-3,6,8,14H,4-5,7,9-11,17H2,1H3. The molecule has 1 aromatic carbocycles. The van der Waals surface area contributed by atoms with Gasteiger partial charge in [-0.3, -0.25) is 4.79 Å². The van der Waals surface area contributed by atoms with Crippen LogP contribution in [0.2, 0.25) is 0 Å². The molecule has 4 heteroatoms. The first-order valence-electron chi connectivity index (χ1n) is 7.36. The van der Waals surface area contributed by atoms with Crippen molar-refractivity contribution in [1.29, 1.82) is 0 Å². The lowest BCUT2D eigenvalue weighted by molar-refractivity contribution is -0.127. The van der Waals surface area contributed by atoms with E-state index in [1.54, 1.807) is 0 Å². The Labute approximate surface area is 119 Å². The first-order chi connectivity index (χ1) is 9.63. The van der Waals surface area contributed by atoms with Crippen LogP contribution < -0.4 is 10.6 Å². The molecule has 2 unspecified atom stereocenters. The van der Waals surface area contributed by atoms with E-state index >= 15 is 0 Å². The Morgan fingerprint density at radius 2 is 2.20 bits per heavy atom. The largest absolute Gasteiger partial charge is 0.379 e. The smallest absolute Gasteiger partial charge is 0.236 e. The Morgan fingerprint density at radius 3 is 2.95 bits per heavy atom. The number of benzene rings is 1. The normalized spacial score (nSPS) is 29.9. The zero-order valence-electron chi connectivity index (χ0n) is 12.0. The number of carbonyl (C=O) groups is 1. The van der Waals surface area contributed by atoms with Crippen LogP contribution in [0.15, 0.2) is 24.3 Å². The van der Waals surface area contributed by atoms with Gasteiger partial charge < -0.3 is 15.4 Å². The number of amides is 1. The van der Waals surface area contributed by atoms with E-state index < -0.39 is 5.41 Å². The topological polar surface area (TPSA) is 55.6 Å². The van der Waals surface area contributed by atoms with Gasteiger partial charge in [-0.2, -0.15) is 0 Å². The summed E-state index contributed by atoms with van der Waals surface area (Å²) in [5.41, 5.74) is 7.82. The van der Waals surface area contributed by atoms with Gasteiger partial charge in [-0.05, 0) is 37.8 Å². The molecule has 2 heterocycles. The number of fused-ring (bicyclic) bond motifs is 1. The molecular formula is C16H22N2O2. The Bertz CT molecular complexity index is 517. The fourth-order valence-corrected chi connectivity index (χ4v) is 3.12. The van der Waals surface area contributed by atoms with E-state index in [1.807, 2.05) is 30.0 Å². The maximum atomic E-state index is 13.0. The van der Waals surface area contributed by atoms with Crippen molar-refractivity contribution in [3.05, 3.63) is 29.8 Å². The summed E-state index contributed by atoms with van der Waals surface area (Å²) in [5, 5.41) is 0. The van der Waals surface area contributed by atoms with Gasteiger partial charge in [0.15, 0.2) is 0 Å². The van der Waals surface area contributed by atoms with E-state index in [4.69, 9.17) is 10.5 Å². The van der Waals surface area contributed by atoms with Gasteiger partial charge in [0.05, 0.1) is 18.6 Å². The van der Waals surface area contributed by atoms with E-state index in [-0.39, 0.29) is 11.9 Å². The summed E-state index contributed by atoms with van der Waals surface area (Å²) >= 11 is 0. The minimum Gasteiger partial charge on any atom is -0.379 e. The molecule has 1 amide bonds. The van der Waals surface area contributed by atoms with Gasteiger partial charge >= 0.3 is 0 Å². The SMILES string of the molecule is CC1(C(=O)N2CCCCc3ccccc32)COCC1N. The summed E-state index contributed by atoms with van der Waals surface area (Å²) < 4.78 is 5.43. The molecule has 0 radical (unpaired) electrons. The highest BCUT2D eigenvalue weighted by Crippen LogP contribution is 2.34. The summed E-state index contributed by atoms with van der Waals surface area (Å²) in [6, 6.07) is 7.99. The zero-order valence-corrected chi connectivity index (χ0v) is 12.0. The van der Waals surface area contributed by atoms with Gasteiger partial charge in [-0.15, -0.1) is 0 Å². The number of carbonyl (C=O) groups excluding carboxylic acids is 1. The van der Waals surface area contributed by atoms with Crippen molar-refractivity contribution in [3.63, 3.8) is 0 Å². The lowest BCUT2D eigenvalue weighted by atomic mass is 9.84. The summed E-state index contributed by atoms with van der Waals surface area (Å²) in [7, 11) is 0. The quantitative estimate of drug-likeness (QED) is 0.848. The second kappa shape index (κ2) is 5.19. The summed E-state index contributed by atoms with van der Waals surface area (Å²) in [5.74, 6) is 0.108. The van der Waals surface area contributed by atoms with Crippen molar-refractivity contribution in [2.75, 3.05) is 24.7 Å². The average molecular weight is 274 g/mol. The molecule has 0 aliphatic carbocycles. The van der Waals surface area contributed by atoms with Crippen LogP contribution in [0.1, 0.15) is 25.3 Å². The molecule has 1 fully saturated rings. The number of hydrogen-bond donors (Lipinski definition) is 1. The lowest BCUT2D eigenvalue weighted by Gasteiger charge is -2.33. The van der Waals surface area contributed by atoms with E-state index in [1.165, 1.54) is 5.56 Å². The van der Waals surface area contributed by atoms with Crippen LogP contribution in [0, 0.1) is 5.41 Å². The molecular weight excluding hydrogens is 252 g/mol. The minimum atomic E-state index is -0.600. The van der Waals surface area contributed by atoms with Crippen LogP contribution in [0.3, 0.4) is 0 Å². The number of nitrogens with zero attached hydrogens (tertiary/aromatic N) is 1. The van der Waals surface area contributed by atoms with E-state index in [0.717, 1.165) is 31.5 Å².